The zero-order chi connectivity index (χ0) is 15.3. The molecule has 0 saturated carbocycles. The zero-order valence-electron chi connectivity index (χ0n) is 11.4. The number of anilines is 1. The third kappa shape index (κ3) is 5.30. The summed E-state index contributed by atoms with van der Waals surface area (Å²) in [4.78, 5) is 4.78. The number of aromatic nitrogens is 1. The van der Waals surface area contributed by atoms with Crippen LogP contribution in [0.25, 0.3) is 0 Å². The average molecular weight is 312 g/mol. The van der Waals surface area contributed by atoms with Gasteiger partial charge in [0.2, 0.25) is 0 Å². The van der Waals surface area contributed by atoms with Crippen LogP contribution in [-0.2, 0) is 6.54 Å². The standard InChI is InChI=1S/C15H15F3N2S/c1-11-6-7-12(8-19-11)9-20-13-4-2-3-5-14(13)21-10-15(16,17)18/h2-8,20H,9-10H2,1H3. The van der Waals surface area contributed by atoms with Gasteiger partial charge in [-0.05, 0) is 30.7 Å². The summed E-state index contributed by atoms with van der Waals surface area (Å²) in [6.07, 6.45) is -2.41. The Kier molecular flexibility index (Phi) is 5.12. The van der Waals surface area contributed by atoms with Crippen molar-refractivity contribution in [3.8, 4) is 0 Å². The summed E-state index contributed by atoms with van der Waals surface area (Å²) in [5.74, 6) is -0.891. The Bertz CT molecular complexity index is 582. The highest BCUT2D eigenvalue weighted by molar-refractivity contribution is 7.99. The van der Waals surface area contributed by atoms with Crippen molar-refractivity contribution < 1.29 is 13.2 Å². The van der Waals surface area contributed by atoms with Gasteiger partial charge < -0.3 is 5.32 Å². The number of nitrogens with one attached hydrogen (secondary N) is 1. The van der Waals surface area contributed by atoms with Gasteiger partial charge in [0.05, 0.1) is 5.75 Å². The molecule has 21 heavy (non-hydrogen) atoms. The van der Waals surface area contributed by atoms with E-state index in [-0.39, 0.29) is 0 Å². The fourth-order valence-electron chi connectivity index (χ4n) is 1.70. The number of halogens is 3. The van der Waals surface area contributed by atoms with E-state index in [1.54, 1.807) is 30.5 Å². The second-order valence-electron chi connectivity index (χ2n) is 4.56. The molecule has 6 heteroatoms. The van der Waals surface area contributed by atoms with Gasteiger partial charge >= 0.3 is 6.18 Å². The first-order valence-corrected chi connectivity index (χ1v) is 7.36. The van der Waals surface area contributed by atoms with E-state index >= 15 is 0 Å². The average Bonchev–Trinajstić information content (AvgIpc) is 2.44. The lowest BCUT2D eigenvalue weighted by molar-refractivity contribution is -0.105. The van der Waals surface area contributed by atoms with Crippen LogP contribution in [-0.4, -0.2) is 16.9 Å². The first-order chi connectivity index (χ1) is 9.94. The molecule has 0 spiro atoms. The molecule has 0 bridgehead atoms. The summed E-state index contributed by atoms with van der Waals surface area (Å²) >= 11 is 0.788. The van der Waals surface area contributed by atoms with Crippen LogP contribution in [0.15, 0.2) is 47.5 Å². The Morgan fingerprint density at radius 2 is 1.90 bits per heavy atom. The van der Waals surface area contributed by atoms with Gasteiger partial charge in [-0.25, -0.2) is 0 Å². The predicted molar refractivity (Wildman–Crippen MR) is 79.5 cm³/mol. The molecular weight excluding hydrogens is 297 g/mol. The fraction of sp³-hybridized carbons (Fsp3) is 0.267. The van der Waals surface area contributed by atoms with Crippen molar-refractivity contribution in [2.45, 2.75) is 24.5 Å². The summed E-state index contributed by atoms with van der Waals surface area (Å²) in [7, 11) is 0. The number of pyridine rings is 1. The number of nitrogens with zero attached hydrogens (tertiary/aromatic N) is 1. The summed E-state index contributed by atoms with van der Waals surface area (Å²) in [5, 5.41) is 3.16. The lowest BCUT2D eigenvalue weighted by Gasteiger charge is -2.12. The Hall–Kier alpha value is -1.69. The predicted octanol–water partition coefficient (Wildman–Crippen LogP) is 4.66. The molecule has 1 heterocycles. The highest BCUT2D eigenvalue weighted by atomic mass is 32.2. The van der Waals surface area contributed by atoms with Crippen LogP contribution in [0.3, 0.4) is 0 Å². The van der Waals surface area contributed by atoms with Gasteiger partial charge in [-0.15, -0.1) is 11.8 Å². The largest absolute Gasteiger partial charge is 0.398 e. The Balaban J connectivity index is 2.01. The third-order valence-electron chi connectivity index (χ3n) is 2.73. The highest BCUT2D eigenvalue weighted by Crippen LogP contribution is 2.32. The topological polar surface area (TPSA) is 24.9 Å². The molecule has 1 aromatic heterocycles. The molecule has 0 unspecified atom stereocenters. The van der Waals surface area contributed by atoms with E-state index in [9.17, 15) is 13.2 Å². The van der Waals surface area contributed by atoms with Gasteiger partial charge in [-0.3, -0.25) is 4.98 Å². The van der Waals surface area contributed by atoms with Crippen molar-refractivity contribution in [2.24, 2.45) is 0 Å². The van der Waals surface area contributed by atoms with Crippen molar-refractivity contribution in [1.82, 2.24) is 4.98 Å². The number of thioether (sulfide) groups is 1. The van der Waals surface area contributed by atoms with Gasteiger partial charge in [0.25, 0.3) is 0 Å². The van der Waals surface area contributed by atoms with E-state index in [1.165, 1.54) is 0 Å². The van der Waals surface area contributed by atoms with Crippen molar-refractivity contribution >= 4 is 17.4 Å². The van der Waals surface area contributed by atoms with Crippen LogP contribution in [0, 0.1) is 6.92 Å². The molecule has 0 amide bonds. The molecule has 0 fully saturated rings. The van der Waals surface area contributed by atoms with E-state index < -0.39 is 11.9 Å². The minimum absolute atomic E-state index is 0.525. The van der Waals surface area contributed by atoms with Gasteiger partial charge in [-0.2, -0.15) is 13.2 Å². The highest BCUT2D eigenvalue weighted by Gasteiger charge is 2.27. The maximum absolute atomic E-state index is 12.3. The lowest BCUT2D eigenvalue weighted by Crippen LogP contribution is -2.11. The molecule has 2 rings (SSSR count). The number of hydrogen-bond acceptors (Lipinski definition) is 3. The van der Waals surface area contributed by atoms with Gasteiger partial charge in [-0.1, -0.05) is 18.2 Å². The van der Waals surface area contributed by atoms with Gasteiger partial charge in [0, 0.05) is 29.0 Å². The lowest BCUT2D eigenvalue weighted by atomic mass is 10.2. The van der Waals surface area contributed by atoms with E-state index in [1.807, 2.05) is 19.1 Å². The second kappa shape index (κ2) is 6.85. The molecule has 0 aliphatic carbocycles. The SMILES string of the molecule is Cc1ccc(CNc2ccccc2SCC(F)(F)F)cn1. The van der Waals surface area contributed by atoms with Crippen molar-refractivity contribution in [3.63, 3.8) is 0 Å². The number of para-hydroxylation sites is 1. The molecule has 1 aromatic carbocycles. The second-order valence-corrected chi connectivity index (χ2v) is 5.58. The molecule has 2 aromatic rings. The molecular formula is C15H15F3N2S. The molecule has 0 aliphatic rings. The molecule has 0 radical (unpaired) electrons. The van der Waals surface area contributed by atoms with Crippen molar-refractivity contribution in [1.29, 1.82) is 0 Å². The number of hydrogen-bond donors (Lipinski definition) is 1. The molecule has 1 N–H and O–H groups in total. The van der Waals surface area contributed by atoms with E-state index in [2.05, 4.69) is 10.3 Å². The normalized spacial score (nSPS) is 11.4. The first kappa shape index (κ1) is 15.7. The number of alkyl halides is 3. The van der Waals surface area contributed by atoms with Gasteiger partial charge in [0.1, 0.15) is 0 Å². The van der Waals surface area contributed by atoms with E-state index in [0.29, 0.717) is 17.1 Å². The molecule has 0 saturated heterocycles. The minimum atomic E-state index is -4.17. The Morgan fingerprint density at radius 3 is 2.57 bits per heavy atom. The van der Waals surface area contributed by atoms with E-state index in [4.69, 9.17) is 0 Å². The monoisotopic (exact) mass is 312 g/mol. The van der Waals surface area contributed by atoms with Crippen LogP contribution < -0.4 is 5.32 Å². The van der Waals surface area contributed by atoms with Crippen LogP contribution in [0.5, 0.6) is 0 Å². The minimum Gasteiger partial charge on any atom is -0.380 e. The number of aryl methyl sites for hydroxylation is 1. The zero-order valence-corrected chi connectivity index (χ0v) is 12.3. The molecule has 0 aliphatic heterocycles. The maximum atomic E-state index is 12.3. The molecule has 2 nitrogen and oxygen atoms in total. The van der Waals surface area contributed by atoms with Gasteiger partial charge in [0.15, 0.2) is 0 Å². The summed E-state index contributed by atoms with van der Waals surface area (Å²) in [5.41, 5.74) is 2.61. The molecule has 0 atom stereocenters. The quantitative estimate of drug-likeness (QED) is 0.813. The van der Waals surface area contributed by atoms with Crippen molar-refractivity contribution in [2.75, 3.05) is 11.1 Å². The number of benzene rings is 1. The Labute approximate surface area is 125 Å². The van der Waals surface area contributed by atoms with Crippen LogP contribution in [0.1, 0.15) is 11.3 Å². The van der Waals surface area contributed by atoms with Crippen molar-refractivity contribution in [3.05, 3.63) is 53.9 Å². The smallest absolute Gasteiger partial charge is 0.380 e. The fourth-order valence-corrected chi connectivity index (χ4v) is 2.49. The van der Waals surface area contributed by atoms with Crippen LogP contribution in [0.2, 0.25) is 0 Å². The van der Waals surface area contributed by atoms with E-state index in [0.717, 1.165) is 23.0 Å². The Morgan fingerprint density at radius 1 is 1.14 bits per heavy atom. The first-order valence-electron chi connectivity index (χ1n) is 6.38. The third-order valence-corrected chi connectivity index (χ3v) is 3.87. The summed E-state index contributed by atoms with van der Waals surface area (Å²) < 4.78 is 36.9. The maximum Gasteiger partial charge on any atom is 0.398 e. The van der Waals surface area contributed by atoms with Crippen LogP contribution in [0.4, 0.5) is 18.9 Å². The summed E-state index contributed by atoms with van der Waals surface area (Å²) in [6.45, 7) is 2.43. The number of rotatable bonds is 5. The summed E-state index contributed by atoms with van der Waals surface area (Å²) in [6, 6.07) is 10.8. The van der Waals surface area contributed by atoms with Crippen LogP contribution >= 0.6 is 11.8 Å². The molecule has 112 valence electrons.